The standard InChI is InChI=1S/C20H16ClN3O3S2/c21-16-7-3-1-5-14(16)11-24-12-18(15-6-2-4-8-17(15)24)29(26,27)13-19(25)23-20-22-9-10-28-20/h1-10,12H,11,13H2,(H,22,23,25). The van der Waals surface area contributed by atoms with Crippen molar-refractivity contribution in [2.75, 3.05) is 11.1 Å². The molecule has 29 heavy (non-hydrogen) atoms. The van der Waals surface area contributed by atoms with Crippen LogP contribution < -0.4 is 5.32 Å². The van der Waals surface area contributed by atoms with Gasteiger partial charge < -0.3 is 9.88 Å². The number of thiazole rings is 1. The first-order valence-electron chi connectivity index (χ1n) is 8.67. The van der Waals surface area contributed by atoms with Gasteiger partial charge in [0, 0.05) is 40.2 Å². The summed E-state index contributed by atoms with van der Waals surface area (Å²) >= 11 is 7.50. The number of hydrogen-bond donors (Lipinski definition) is 1. The largest absolute Gasteiger partial charge is 0.342 e. The molecule has 0 aliphatic heterocycles. The van der Waals surface area contributed by atoms with E-state index in [1.807, 2.05) is 34.9 Å². The van der Waals surface area contributed by atoms with Crippen LogP contribution in [-0.4, -0.2) is 29.6 Å². The predicted molar refractivity (Wildman–Crippen MR) is 115 cm³/mol. The Labute approximate surface area is 176 Å². The quantitative estimate of drug-likeness (QED) is 0.482. The number of fused-ring (bicyclic) bond motifs is 1. The van der Waals surface area contributed by atoms with Gasteiger partial charge in [-0.1, -0.05) is 48.0 Å². The Morgan fingerprint density at radius 1 is 1.14 bits per heavy atom. The fourth-order valence-corrected chi connectivity index (χ4v) is 5.20. The van der Waals surface area contributed by atoms with Gasteiger partial charge in [0.25, 0.3) is 0 Å². The number of halogens is 1. The third kappa shape index (κ3) is 4.19. The summed E-state index contributed by atoms with van der Waals surface area (Å²) in [6.07, 6.45) is 3.11. The zero-order valence-corrected chi connectivity index (χ0v) is 17.5. The van der Waals surface area contributed by atoms with Crippen molar-refractivity contribution >= 4 is 54.7 Å². The maximum absolute atomic E-state index is 13.0. The molecule has 9 heteroatoms. The average molecular weight is 446 g/mol. The number of rotatable bonds is 6. The molecule has 0 radical (unpaired) electrons. The molecule has 0 atom stereocenters. The first-order valence-corrected chi connectivity index (χ1v) is 11.6. The number of sulfone groups is 1. The van der Waals surface area contributed by atoms with Crippen molar-refractivity contribution in [2.24, 2.45) is 0 Å². The highest BCUT2D eigenvalue weighted by atomic mass is 35.5. The summed E-state index contributed by atoms with van der Waals surface area (Å²) in [7, 11) is -3.86. The molecule has 1 N–H and O–H groups in total. The van der Waals surface area contributed by atoms with Crippen LogP contribution in [0.5, 0.6) is 0 Å². The highest BCUT2D eigenvalue weighted by molar-refractivity contribution is 7.92. The minimum absolute atomic E-state index is 0.120. The van der Waals surface area contributed by atoms with Crippen LogP contribution in [0.4, 0.5) is 5.13 Å². The molecule has 0 aliphatic carbocycles. The first kappa shape index (κ1) is 19.6. The summed E-state index contributed by atoms with van der Waals surface area (Å²) in [5, 5.41) is 5.76. The van der Waals surface area contributed by atoms with Crippen molar-refractivity contribution in [2.45, 2.75) is 11.4 Å². The van der Waals surface area contributed by atoms with Gasteiger partial charge in [0.1, 0.15) is 5.75 Å². The fraction of sp³-hybridized carbons (Fsp3) is 0.100. The summed E-state index contributed by atoms with van der Waals surface area (Å²) in [5.74, 6) is -1.28. The molecule has 6 nitrogen and oxygen atoms in total. The van der Waals surface area contributed by atoms with E-state index in [1.165, 1.54) is 17.5 Å². The van der Waals surface area contributed by atoms with Crippen LogP contribution >= 0.6 is 22.9 Å². The Morgan fingerprint density at radius 2 is 1.90 bits per heavy atom. The highest BCUT2D eigenvalue weighted by Crippen LogP contribution is 2.28. The van der Waals surface area contributed by atoms with E-state index in [0.29, 0.717) is 22.1 Å². The molecule has 1 amide bonds. The van der Waals surface area contributed by atoms with Gasteiger partial charge >= 0.3 is 0 Å². The molecule has 2 aromatic heterocycles. The average Bonchev–Trinajstić information content (AvgIpc) is 3.31. The summed E-state index contributed by atoms with van der Waals surface area (Å²) in [5.41, 5.74) is 1.63. The number of hydrogen-bond acceptors (Lipinski definition) is 5. The number of aromatic nitrogens is 2. The van der Waals surface area contributed by atoms with E-state index in [4.69, 9.17) is 11.6 Å². The number of para-hydroxylation sites is 1. The third-order valence-electron chi connectivity index (χ3n) is 4.39. The van der Waals surface area contributed by atoms with Crippen LogP contribution in [-0.2, 0) is 21.2 Å². The molecule has 0 saturated carbocycles. The summed E-state index contributed by atoms with van der Waals surface area (Å²) < 4.78 is 27.8. The summed E-state index contributed by atoms with van der Waals surface area (Å²) in [6, 6.07) is 14.6. The maximum atomic E-state index is 13.0. The Morgan fingerprint density at radius 3 is 2.66 bits per heavy atom. The van der Waals surface area contributed by atoms with E-state index >= 15 is 0 Å². The molecule has 0 bridgehead atoms. The molecular formula is C20H16ClN3O3S2. The lowest BCUT2D eigenvalue weighted by atomic mass is 10.2. The summed E-state index contributed by atoms with van der Waals surface area (Å²) in [6.45, 7) is 0.418. The summed E-state index contributed by atoms with van der Waals surface area (Å²) in [4.78, 5) is 16.3. The van der Waals surface area contributed by atoms with Gasteiger partial charge in [-0.05, 0) is 17.7 Å². The van der Waals surface area contributed by atoms with Crippen molar-refractivity contribution in [3.63, 3.8) is 0 Å². The molecular weight excluding hydrogens is 430 g/mol. The van der Waals surface area contributed by atoms with E-state index in [-0.39, 0.29) is 4.90 Å². The predicted octanol–water partition coefficient (Wildman–Crippen LogP) is 4.21. The molecule has 4 rings (SSSR count). The van der Waals surface area contributed by atoms with Gasteiger partial charge in [-0.2, -0.15) is 0 Å². The topological polar surface area (TPSA) is 81.1 Å². The van der Waals surface area contributed by atoms with Crippen LogP contribution in [0.1, 0.15) is 5.56 Å². The van der Waals surface area contributed by atoms with Gasteiger partial charge in [0.05, 0.1) is 4.90 Å². The molecule has 0 fully saturated rings. The minimum atomic E-state index is -3.86. The van der Waals surface area contributed by atoms with Crippen molar-refractivity contribution in [3.8, 4) is 0 Å². The fourth-order valence-electron chi connectivity index (χ4n) is 3.09. The Balaban J connectivity index is 1.68. The Kier molecular flexibility index (Phi) is 5.40. The number of carbonyl (C=O) groups is 1. The first-order chi connectivity index (χ1) is 13.9. The number of amides is 1. The van der Waals surface area contributed by atoms with Crippen molar-refractivity contribution in [1.29, 1.82) is 0 Å². The monoisotopic (exact) mass is 445 g/mol. The van der Waals surface area contributed by atoms with E-state index < -0.39 is 21.5 Å². The minimum Gasteiger partial charge on any atom is -0.342 e. The molecule has 0 saturated heterocycles. The van der Waals surface area contributed by atoms with Gasteiger partial charge in [-0.25, -0.2) is 13.4 Å². The maximum Gasteiger partial charge on any atom is 0.241 e. The van der Waals surface area contributed by atoms with Crippen molar-refractivity contribution < 1.29 is 13.2 Å². The van der Waals surface area contributed by atoms with Gasteiger partial charge in [-0.15, -0.1) is 11.3 Å². The van der Waals surface area contributed by atoms with Gasteiger partial charge in [0.15, 0.2) is 15.0 Å². The zero-order valence-electron chi connectivity index (χ0n) is 15.1. The van der Waals surface area contributed by atoms with Crippen LogP contribution in [0.3, 0.4) is 0 Å². The van der Waals surface area contributed by atoms with E-state index in [1.54, 1.807) is 29.8 Å². The van der Waals surface area contributed by atoms with E-state index in [9.17, 15) is 13.2 Å². The zero-order chi connectivity index (χ0) is 20.4. The molecule has 4 aromatic rings. The second kappa shape index (κ2) is 7.98. The number of anilines is 1. The molecule has 0 spiro atoms. The smallest absolute Gasteiger partial charge is 0.241 e. The van der Waals surface area contributed by atoms with Crippen LogP contribution in [0.25, 0.3) is 10.9 Å². The lowest BCUT2D eigenvalue weighted by molar-refractivity contribution is -0.113. The van der Waals surface area contributed by atoms with Gasteiger partial charge in [0.2, 0.25) is 5.91 Å². The second-order valence-corrected chi connectivity index (χ2v) is 9.63. The lowest BCUT2D eigenvalue weighted by Gasteiger charge is -2.07. The molecule has 0 unspecified atom stereocenters. The van der Waals surface area contributed by atoms with Crippen molar-refractivity contribution in [3.05, 3.63) is 76.9 Å². The SMILES string of the molecule is O=C(CS(=O)(=O)c1cn(Cc2ccccc2Cl)c2ccccc12)Nc1nccs1. The third-order valence-corrected chi connectivity index (χ3v) is 7.08. The molecule has 148 valence electrons. The molecule has 2 heterocycles. The lowest BCUT2D eigenvalue weighted by Crippen LogP contribution is -2.22. The van der Waals surface area contributed by atoms with E-state index in [0.717, 1.165) is 11.1 Å². The number of nitrogens with one attached hydrogen (secondary N) is 1. The van der Waals surface area contributed by atoms with Crippen LogP contribution in [0.2, 0.25) is 5.02 Å². The molecule has 0 aliphatic rings. The Hall–Kier alpha value is -2.68. The van der Waals surface area contributed by atoms with Crippen LogP contribution in [0.15, 0.2) is 71.2 Å². The highest BCUT2D eigenvalue weighted by Gasteiger charge is 2.25. The number of nitrogens with zero attached hydrogens (tertiary/aromatic N) is 2. The second-order valence-electron chi connectivity index (χ2n) is 6.37. The Bertz CT molecular complexity index is 1280. The van der Waals surface area contributed by atoms with Crippen LogP contribution in [0, 0.1) is 0 Å². The van der Waals surface area contributed by atoms with Crippen molar-refractivity contribution in [1.82, 2.24) is 9.55 Å². The number of carbonyl (C=O) groups excluding carboxylic acids is 1. The van der Waals surface area contributed by atoms with E-state index in [2.05, 4.69) is 10.3 Å². The molecule has 2 aromatic carbocycles. The van der Waals surface area contributed by atoms with Gasteiger partial charge in [-0.3, -0.25) is 4.79 Å². The number of benzene rings is 2. The normalized spacial score (nSPS) is 11.6.